The summed E-state index contributed by atoms with van der Waals surface area (Å²) in [7, 11) is 0. The average molecular weight is 224 g/mol. The summed E-state index contributed by atoms with van der Waals surface area (Å²) in [6.45, 7) is -0.899. The molecule has 0 saturated heterocycles. The maximum absolute atomic E-state index is 10.9. The lowest BCUT2D eigenvalue weighted by Crippen LogP contribution is -2.51. The second-order valence-electron chi connectivity index (χ2n) is 2.87. The van der Waals surface area contributed by atoms with Crippen LogP contribution in [0.25, 0.3) is 0 Å². The Morgan fingerprint density at radius 1 is 1.20 bits per heavy atom. The highest BCUT2D eigenvalue weighted by atomic mass is 16.4. The van der Waals surface area contributed by atoms with Crippen LogP contribution in [0.5, 0.6) is 0 Å². The van der Waals surface area contributed by atoms with Gasteiger partial charge in [-0.25, -0.2) is 0 Å². The van der Waals surface area contributed by atoms with Crippen LogP contribution in [0.3, 0.4) is 0 Å². The molecule has 0 saturated carbocycles. The minimum absolute atomic E-state index is 0.899. The smallest absolute Gasteiger partial charge is 0.287 e. The Kier molecular flexibility index (Phi) is 4.59. The fourth-order valence-electron chi connectivity index (χ4n) is 0.812. The number of ketones is 1. The van der Waals surface area contributed by atoms with Gasteiger partial charge in [-0.15, -0.1) is 0 Å². The summed E-state index contributed by atoms with van der Waals surface area (Å²) in [5, 5.41) is 44.7. The first-order valence-corrected chi connectivity index (χ1v) is 3.95. The Bertz CT molecular complexity index is 261. The molecule has 0 aliphatic rings. The summed E-state index contributed by atoms with van der Waals surface area (Å²) in [6, 6.07) is 0. The Labute approximate surface area is 86.0 Å². The molecule has 0 fully saturated rings. The van der Waals surface area contributed by atoms with Gasteiger partial charge in [0.2, 0.25) is 0 Å². The van der Waals surface area contributed by atoms with E-state index in [9.17, 15) is 9.59 Å². The van der Waals surface area contributed by atoms with Crippen LogP contribution in [0, 0.1) is 0 Å². The molecule has 0 rings (SSSR count). The average Bonchev–Trinajstić information content (AvgIpc) is 2.32. The molecule has 0 spiro atoms. The molecule has 0 aromatic carbocycles. The van der Waals surface area contributed by atoms with E-state index in [2.05, 4.69) is 0 Å². The van der Waals surface area contributed by atoms with E-state index >= 15 is 0 Å². The van der Waals surface area contributed by atoms with Crippen LogP contribution < -0.4 is 5.73 Å². The predicted molar refractivity (Wildman–Crippen MR) is 45.3 cm³/mol. The quantitative estimate of drug-likeness (QED) is 0.247. The number of aliphatic hydroxyl groups excluding tert-OH is 5. The van der Waals surface area contributed by atoms with E-state index in [-0.39, 0.29) is 0 Å². The van der Waals surface area contributed by atoms with Gasteiger partial charge in [0.05, 0.1) is 6.61 Å². The van der Waals surface area contributed by atoms with Gasteiger partial charge in [-0.05, 0) is 0 Å². The van der Waals surface area contributed by atoms with Crippen molar-refractivity contribution in [2.75, 3.05) is 6.61 Å². The van der Waals surface area contributed by atoms with E-state index in [1.165, 1.54) is 5.73 Å². The van der Waals surface area contributed by atoms with E-state index < -0.39 is 42.7 Å². The molecule has 0 heterocycles. The second kappa shape index (κ2) is 5.73. The first-order chi connectivity index (χ1) is 7.36. The fourth-order valence-corrected chi connectivity index (χ4v) is 0.812. The number of rotatable bonds is 6. The number of hydrogen-bond acceptors (Lipinski definition) is 7. The number of aliphatic hydroxyl groups is 5. The van der Waals surface area contributed by atoms with Crippen molar-refractivity contribution in [3.05, 3.63) is 0 Å². The molecule has 1 amide bonds. The maximum atomic E-state index is 10.9. The summed E-state index contributed by atoms with van der Waals surface area (Å²) < 4.78 is 6.34. The topological polar surface area (TPSA) is 161 Å². The lowest BCUT2D eigenvalue weighted by Gasteiger charge is -2.23. The standard InChI is InChI=1S/C7H13NO7/c8-7(15)6(14)5(13)4(12)3(11)2(10)1-9/h2-5,9-13H,1H2,(H2,8,15)/t2-,3-,4+,5+/m1/s1/i/hD. The third-order valence-corrected chi connectivity index (χ3v) is 1.75. The van der Waals surface area contributed by atoms with E-state index in [0.29, 0.717) is 0 Å². The van der Waals surface area contributed by atoms with E-state index in [1.54, 1.807) is 0 Å². The van der Waals surface area contributed by atoms with Crippen molar-refractivity contribution in [2.24, 2.45) is 5.73 Å². The van der Waals surface area contributed by atoms with Gasteiger partial charge in [0.25, 0.3) is 11.7 Å². The number of hydrogen-bond donors (Lipinski definition) is 6. The third kappa shape index (κ3) is 3.53. The molecule has 4 atom stereocenters. The summed E-state index contributed by atoms with van der Waals surface area (Å²) in [4.78, 5) is 21.5. The van der Waals surface area contributed by atoms with Crippen LogP contribution >= 0.6 is 0 Å². The summed E-state index contributed by atoms with van der Waals surface area (Å²) in [5.74, 6) is -3.01. The molecule has 0 aromatic heterocycles. The second-order valence-corrected chi connectivity index (χ2v) is 2.87. The van der Waals surface area contributed by atoms with Crippen LogP contribution in [0.15, 0.2) is 0 Å². The van der Waals surface area contributed by atoms with E-state index in [1.807, 2.05) is 0 Å². The molecule has 8 nitrogen and oxygen atoms in total. The molecule has 8 heteroatoms. The van der Waals surface area contributed by atoms with Crippen molar-refractivity contribution in [3.63, 3.8) is 0 Å². The molecule has 0 bridgehead atoms. The van der Waals surface area contributed by atoms with Gasteiger partial charge in [-0.3, -0.25) is 9.59 Å². The van der Waals surface area contributed by atoms with Gasteiger partial charge in [0, 0.05) is 0 Å². The van der Waals surface area contributed by atoms with Crippen LogP contribution in [-0.2, 0) is 9.59 Å². The Hall–Kier alpha value is -1.06. The number of Topliss-reactive ketones (excluding diaryl/α,β-unsaturated/α-hetero) is 1. The Morgan fingerprint density at radius 2 is 1.73 bits per heavy atom. The molecule has 15 heavy (non-hydrogen) atoms. The highest BCUT2D eigenvalue weighted by Crippen LogP contribution is 2.05. The van der Waals surface area contributed by atoms with E-state index in [0.717, 1.165) is 0 Å². The summed E-state index contributed by atoms with van der Waals surface area (Å²) in [6.07, 6.45) is -8.20. The lowest BCUT2D eigenvalue weighted by atomic mass is 10.0. The van der Waals surface area contributed by atoms with Gasteiger partial charge >= 0.3 is 0 Å². The number of carbonyl (C=O) groups excluding carboxylic acids is 2. The fraction of sp³-hybridized carbons (Fsp3) is 0.714. The van der Waals surface area contributed by atoms with Crippen molar-refractivity contribution in [3.8, 4) is 0 Å². The highest BCUT2D eigenvalue weighted by Gasteiger charge is 2.35. The Balaban J connectivity index is 4.54. The minimum Gasteiger partial charge on any atom is -0.394 e. The van der Waals surface area contributed by atoms with Crippen LogP contribution in [0.4, 0.5) is 0 Å². The lowest BCUT2D eigenvalue weighted by molar-refractivity contribution is -0.153. The predicted octanol–water partition coefficient (Wildman–Crippen LogP) is -4.52. The number of nitrogens with two attached hydrogens (primary N) is 1. The number of carbonyl (C=O) groups is 2. The van der Waals surface area contributed by atoms with Crippen LogP contribution in [0.2, 0.25) is 1.41 Å². The number of amides is 1. The molecule has 0 aliphatic heterocycles. The highest BCUT2D eigenvalue weighted by molar-refractivity contribution is 6.37. The van der Waals surface area contributed by atoms with Gasteiger partial charge in [0.15, 0.2) is 7.52 Å². The first-order valence-electron chi connectivity index (χ1n) is 4.45. The van der Waals surface area contributed by atoms with Crippen LogP contribution in [-0.4, -0.2) is 68.2 Å². The monoisotopic (exact) mass is 224 g/mol. The van der Waals surface area contributed by atoms with Gasteiger partial charge in [0.1, 0.15) is 18.3 Å². The molecule has 0 unspecified atom stereocenters. The molecule has 0 aromatic rings. The zero-order valence-electron chi connectivity index (χ0n) is 8.57. The molecule has 0 radical (unpaired) electrons. The largest absolute Gasteiger partial charge is 0.394 e. The zero-order chi connectivity index (χ0) is 12.9. The van der Waals surface area contributed by atoms with Gasteiger partial charge in [-0.1, -0.05) is 0 Å². The summed E-state index contributed by atoms with van der Waals surface area (Å²) in [5.41, 5.74) is 1.18. The van der Waals surface area contributed by atoms with Crippen molar-refractivity contribution in [1.29, 1.82) is 0 Å². The molecule has 0 aliphatic carbocycles. The van der Waals surface area contributed by atoms with Gasteiger partial charge < -0.3 is 31.3 Å². The first kappa shape index (κ1) is 12.0. The molecule has 7 N–H and O–H groups in total. The van der Waals surface area contributed by atoms with Crippen molar-refractivity contribution >= 4 is 11.7 Å². The summed E-state index contributed by atoms with van der Waals surface area (Å²) >= 11 is 0. The molecule has 88 valence electrons. The number of primary amides is 1. The third-order valence-electron chi connectivity index (χ3n) is 1.75. The Morgan fingerprint density at radius 3 is 2.13 bits per heavy atom. The maximum Gasteiger partial charge on any atom is 0.287 e. The molecular weight excluding hydrogens is 210 g/mol. The van der Waals surface area contributed by atoms with Gasteiger partial charge in [-0.2, -0.15) is 0 Å². The van der Waals surface area contributed by atoms with Crippen molar-refractivity contribution in [2.45, 2.75) is 24.4 Å². The molecular formula is C7H13NO7. The normalized spacial score (nSPS) is 19.7. The van der Waals surface area contributed by atoms with E-state index in [4.69, 9.17) is 26.9 Å². The zero-order valence-corrected chi connectivity index (χ0v) is 7.57. The van der Waals surface area contributed by atoms with Crippen molar-refractivity contribution < 1.29 is 36.5 Å². The van der Waals surface area contributed by atoms with Crippen molar-refractivity contribution in [1.82, 2.24) is 0 Å². The SMILES string of the molecule is [2H]NC(=O)C(=O)[C@@H](O)[C@@H](O)[C@H](O)[C@H](O)CO. The minimum atomic E-state index is -2.29. The van der Waals surface area contributed by atoms with Crippen LogP contribution in [0.1, 0.15) is 0 Å².